The minimum Gasteiger partial charge on any atom is -0.366 e. The van der Waals surface area contributed by atoms with Gasteiger partial charge in [-0.1, -0.05) is 6.07 Å². The molecule has 1 aliphatic rings. The molecule has 1 amide bonds. The maximum atomic E-state index is 11.9. The van der Waals surface area contributed by atoms with E-state index >= 15 is 0 Å². The molecular formula is C22H24N6O3S2. The number of benzene rings is 2. The van der Waals surface area contributed by atoms with Crippen molar-refractivity contribution in [2.24, 2.45) is 5.14 Å². The molecule has 1 aliphatic heterocycles. The zero-order chi connectivity index (χ0) is 23.6. The summed E-state index contributed by atoms with van der Waals surface area (Å²) in [6.45, 7) is 2.63. The van der Waals surface area contributed by atoms with Gasteiger partial charge in [0.05, 0.1) is 4.90 Å². The molecule has 0 atom stereocenters. The van der Waals surface area contributed by atoms with Crippen LogP contribution >= 0.6 is 11.8 Å². The SMILES string of the molecule is CSc1ccc(S(N)(=O)=O)cc1CNc1cc(Nc2ccc3c(c2)N(C(C)=O)CC3)ncn1. The Morgan fingerprint density at radius 3 is 2.67 bits per heavy atom. The lowest BCUT2D eigenvalue weighted by molar-refractivity contribution is -0.116. The Labute approximate surface area is 196 Å². The molecule has 2 aromatic carbocycles. The van der Waals surface area contributed by atoms with Crippen LogP contribution in [0.5, 0.6) is 0 Å². The first kappa shape index (κ1) is 23.0. The molecule has 4 N–H and O–H groups in total. The monoisotopic (exact) mass is 484 g/mol. The number of hydrogen-bond acceptors (Lipinski definition) is 8. The fourth-order valence-corrected chi connectivity index (χ4v) is 4.87. The van der Waals surface area contributed by atoms with Crippen molar-refractivity contribution in [3.05, 3.63) is 59.9 Å². The average molecular weight is 485 g/mol. The van der Waals surface area contributed by atoms with E-state index in [1.807, 2.05) is 24.5 Å². The standard InChI is InChI=1S/C22H24N6O3S2/c1-14(29)28-8-7-15-3-4-17(10-19(15)28)27-22-11-21(25-13-26-22)24-12-16-9-18(33(23,30)31)5-6-20(16)32-2/h3-6,9-11,13H,7-8,12H2,1-2H3,(H2,23,30,31)(H2,24,25,26,27). The van der Waals surface area contributed by atoms with Crippen LogP contribution < -0.4 is 20.7 Å². The van der Waals surface area contributed by atoms with Crippen LogP contribution in [-0.2, 0) is 27.8 Å². The van der Waals surface area contributed by atoms with E-state index < -0.39 is 10.0 Å². The van der Waals surface area contributed by atoms with E-state index in [0.29, 0.717) is 24.7 Å². The number of carbonyl (C=O) groups excluding carboxylic acids is 1. The largest absolute Gasteiger partial charge is 0.366 e. The van der Waals surface area contributed by atoms with Gasteiger partial charge in [0.15, 0.2) is 0 Å². The Hall–Kier alpha value is -3.15. The molecule has 11 heteroatoms. The molecule has 3 aromatic rings. The van der Waals surface area contributed by atoms with Crippen molar-refractivity contribution >= 4 is 50.7 Å². The van der Waals surface area contributed by atoms with Crippen molar-refractivity contribution in [3.63, 3.8) is 0 Å². The van der Waals surface area contributed by atoms with Crippen molar-refractivity contribution < 1.29 is 13.2 Å². The maximum Gasteiger partial charge on any atom is 0.238 e. The molecule has 0 bridgehead atoms. The van der Waals surface area contributed by atoms with Gasteiger partial charge in [-0.05, 0) is 54.1 Å². The van der Waals surface area contributed by atoms with Gasteiger partial charge in [-0.25, -0.2) is 23.5 Å². The number of carbonyl (C=O) groups is 1. The van der Waals surface area contributed by atoms with Gasteiger partial charge >= 0.3 is 0 Å². The zero-order valence-electron chi connectivity index (χ0n) is 18.2. The molecule has 4 rings (SSSR count). The fraction of sp³-hybridized carbons (Fsp3) is 0.227. The van der Waals surface area contributed by atoms with Gasteiger partial charge in [0, 0.05) is 42.3 Å². The molecule has 0 saturated carbocycles. The second-order valence-electron chi connectivity index (χ2n) is 7.55. The highest BCUT2D eigenvalue weighted by Crippen LogP contribution is 2.32. The van der Waals surface area contributed by atoms with Crippen LogP contribution in [0.1, 0.15) is 18.1 Å². The maximum absolute atomic E-state index is 11.9. The number of thioether (sulfide) groups is 1. The molecule has 9 nitrogen and oxygen atoms in total. The normalized spacial score (nSPS) is 13.0. The molecule has 0 radical (unpaired) electrons. The number of primary sulfonamides is 1. The smallest absolute Gasteiger partial charge is 0.238 e. The lowest BCUT2D eigenvalue weighted by Gasteiger charge is -2.16. The van der Waals surface area contributed by atoms with Crippen LogP contribution in [0.4, 0.5) is 23.0 Å². The topological polar surface area (TPSA) is 130 Å². The van der Waals surface area contributed by atoms with Gasteiger partial charge in [-0.2, -0.15) is 0 Å². The zero-order valence-corrected chi connectivity index (χ0v) is 19.8. The van der Waals surface area contributed by atoms with Gasteiger partial charge < -0.3 is 15.5 Å². The minimum absolute atomic E-state index is 0.0236. The van der Waals surface area contributed by atoms with E-state index in [0.717, 1.165) is 33.8 Å². The summed E-state index contributed by atoms with van der Waals surface area (Å²) in [5, 5.41) is 11.7. The number of amides is 1. The predicted octanol–water partition coefficient (Wildman–Crippen LogP) is 3.11. The van der Waals surface area contributed by atoms with Crippen molar-refractivity contribution in [3.8, 4) is 0 Å². The summed E-state index contributed by atoms with van der Waals surface area (Å²) in [7, 11) is -3.79. The quantitative estimate of drug-likeness (QED) is 0.436. The number of nitrogens with zero attached hydrogens (tertiary/aromatic N) is 3. The summed E-state index contributed by atoms with van der Waals surface area (Å²) in [6, 6.07) is 12.5. The van der Waals surface area contributed by atoms with Gasteiger partial charge in [0.25, 0.3) is 0 Å². The molecule has 0 fully saturated rings. The van der Waals surface area contributed by atoms with E-state index in [-0.39, 0.29) is 10.8 Å². The van der Waals surface area contributed by atoms with Crippen LogP contribution in [0.3, 0.4) is 0 Å². The highest BCUT2D eigenvalue weighted by Gasteiger charge is 2.22. The summed E-state index contributed by atoms with van der Waals surface area (Å²) in [4.78, 5) is 23.2. The molecule has 1 aromatic heterocycles. The predicted molar refractivity (Wildman–Crippen MR) is 130 cm³/mol. The third-order valence-corrected chi connectivity index (χ3v) is 7.09. The number of hydrogen-bond donors (Lipinski definition) is 3. The first-order valence-corrected chi connectivity index (χ1v) is 13.0. The number of fused-ring (bicyclic) bond motifs is 1. The molecule has 33 heavy (non-hydrogen) atoms. The van der Waals surface area contributed by atoms with Crippen LogP contribution in [0.15, 0.2) is 58.6 Å². The Morgan fingerprint density at radius 1 is 1.15 bits per heavy atom. The van der Waals surface area contributed by atoms with E-state index in [4.69, 9.17) is 5.14 Å². The molecule has 0 spiro atoms. The first-order valence-electron chi connectivity index (χ1n) is 10.2. The third-order valence-electron chi connectivity index (χ3n) is 5.34. The summed E-state index contributed by atoms with van der Waals surface area (Å²) in [5.74, 6) is 1.19. The van der Waals surface area contributed by atoms with E-state index in [1.54, 1.807) is 30.0 Å². The molecule has 172 valence electrons. The van der Waals surface area contributed by atoms with E-state index in [1.165, 1.54) is 24.2 Å². The summed E-state index contributed by atoms with van der Waals surface area (Å²) in [5.41, 5.74) is 3.67. The Balaban J connectivity index is 1.50. The first-order chi connectivity index (χ1) is 15.7. The summed E-state index contributed by atoms with van der Waals surface area (Å²) < 4.78 is 23.4. The highest BCUT2D eigenvalue weighted by atomic mass is 32.2. The number of sulfonamides is 1. The van der Waals surface area contributed by atoms with Crippen LogP contribution in [0, 0.1) is 0 Å². The van der Waals surface area contributed by atoms with Crippen LogP contribution in [0.2, 0.25) is 0 Å². The van der Waals surface area contributed by atoms with Crippen LogP contribution in [0.25, 0.3) is 0 Å². The van der Waals surface area contributed by atoms with Crippen molar-refractivity contribution in [2.75, 3.05) is 28.3 Å². The second kappa shape index (κ2) is 9.38. The van der Waals surface area contributed by atoms with Crippen molar-refractivity contribution in [1.82, 2.24) is 9.97 Å². The van der Waals surface area contributed by atoms with Gasteiger partial charge in [0.1, 0.15) is 18.0 Å². The molecule has 0 saturated heterocycles. The number of aromatic nitrogens is 2. The van der Waals surface area contributed by atoms with Crippen molar-refractivity contribution in [1.29, 1.82) is 0 Å². The second-order valence-corrected chi connectivity index (χ2v) is 9.96. The van der Waals surface area contributed by atoms with Crippen molar-refractivity contribution in [2.45, 2.75) is 29.7 Å². The number of rotatable bonds is 7. The Morgan fingerprint density at radius 2 is 1.94 bits per heavy atom. The Kier molecular flexibility index (Phi) is 6.54. The van der Waals surface area contributed by atoms with E-state index in [2.05, 4.69) is 20.6 Å². The van der Waals surface area contributed by atoms with Gasteiger partial charge in [-0.15, -0.1) is 11.8 Å². The molecule has 0 unspecified atom stereocenters. The van der Waals surface area contributed by atoms with Gasteiger partial charge in [0.2, 0.25) is 15.9 Å². The lowest BCUT2D eigenvalue weighted by atomic mass is 10.1. The highest BCUT2D eigenvalue weighted by molar-refractivity contribution is 7.98. The number of nitrogens with two attached hydrogens (primary N) is 1. The molecule has 0 aliphatic carbocycles. The fourth-order valence-electron chi connectivity index (χ4n) is 3.71. The minimum atomic E-state index is -3.79. The number of nitrogens with one attached hydrogen (secondary N) is 2. The summed E-state index contributed by atoms with van der Waals surface area (Å²) in [6.07, 6.45) is 4.21. The average Bonchev–Trinajstić information content (AvgIpc) is 3.21. The summed E-state index contributed by atoms with van der Waals surface area (Å²) >= 11 is 1.52. The lowest BCUT2D eigenvalue weighted by Crippen LogP contribution is -2.25. The van der Waals surface area contributed by atoms with E-state index in [9.17, 15) is 13.2 Å². The number of anilines is 4. The molecular weight excluding hydrogens is 460 g/mol. The van der Waals surface area contributed by atoms with Gasteiger partial charge in [-0.3, -0.25) is 4.79 Å². The van der Waals surface area contributed by atoms with Crippen LogP contribution in [-0.4, -0.2) is 37.1 Å². The Bertz CT molecular complexity index is 1310. The third kappa shape index (κ3) is 5.27. The molecule has 2 heterocycles.